The van der Waals surface area contributed by atoms with Gasteiger partial charge in [-0.25, -0.2) is 0 Å². The Hall–Kier alpha value is -0.580. The van der Waals surface area contributed by atoms with Crippen LogP contribution in [0.3, 0.4) is 0 Å². The van der Waals surface area contributed by atoms with Crippen LogP contribution >= 0.6 is 45.9 Å². The second-order valence-corrected chi connectivity index (χ2v) is 7.40. The number of nitrogens with one attached hydrogen (secondary N) is 1. The highest BCUT2D eigenvalue weighted by atomic mass is 35.5. The molecule has 0 aliphatic rings. The normalized spacial score (nSPS) is 12.9. The molecule has 2 aromatic heterocycles. The molecule has 0 amide bonds. The van der Waals surface area contributed by atoms with Crippen LogP contribution < -0.4 is 5.32 Å². The zero-order chi connectivity index (χ0) is 14.1. The van der Waals surface area contributed by atoms with Gasteiger partial charge in [0.1, 0.15) is 0 Å². The summed E-state index contributed by atoms with van der Waals surface area (Å²) in [6.45, 7) is 0. The molecule has 20 heavy (non-hydrogen) atoms. The molecule has 0 bridgehead atoms. The lowest BCUT2D eigenvalue weighted by Gasteiger charge is -2.15. The number of likely N-dealkylation sites (N-methyl/N-ethyl adjacent to an activating group) is 1. The van der Waals surface area contributed by atoms with Crippen LogP contribution in [0.5, 0.6) is 0 Å². The van der Waals surface area contributed by atoms with E-state index >= 15 is 0 Å². The second-order valence-electron chi connectivity index (χ2n) is 4.56. The van der Waals surface area contributed by atoms with Gasteiger partial charge in [0.2, 0.25) is 0 Å². The van der Waals surface area contributed by atoms with Crippen LogP contribution in [0.2, 0.25) is 10.0 Å². The fourth-order valence-electron chi connectivity index (χ4n) is 2.23. The maximum atomic E-state index is 6.29. The number of fused-ring (bicyclic) bond motifs is 1. The molecule has 0 saturated heterocycles. The van der Waals surface area contributed by atoms with E-state index in [0.29, 0.717) is 10.0 Å². The quantitative estimate of drug-likeness (QED) is 0.634. The van der Waals surface area contributed by atoms with E-state index < -0.39 is 0 Å². The molecule has 1 unspecified atom stereocenters. The van der Waals surface area contributed by atoms with Gasteiger partial charge in [-0.2, -0.15) is 0 Å². The Morgan fingerprint density at radius 3 is 2.80 bits per heavy atom. The molecule has 1 N–H and O–H groups in total. The number of hydrogen-bond acceptors (Lipinski definition) is 3. The number of benzene rings is 1. The Labute approximate surface area is 136 Å². The van der Waals surface area contributed by atoms with Crippen LogP contribution in [0.25, 0.3) is 9.40 Å². The summed E-state index contributed by atoms with van der Waals surface area (Å²) in [5.74, 6) is 0. The van der Waals surface area contributed by atoms with Crippen molar-refractivity contribution >= 4 is 55.3 Å². The molecular weight excluding hydrogens is 329 g/mol. The summed E-state index contributed by atoms with van der Waals surface area (Å²) in [6.07, 6.45) is 0.837. The van der Waals surface area contributed by atoms with Crippen molar-refractivity contribution in [2.45, 2.75) is 12.5 Å². The summed E-state index contributed by atoms with van der Waals surface area (Å²) < 4.78 is 2.70. The van der Waals surface area contributed by atoms with Crippen LogP contribution in [0, 0.1) is 0 Å². The van der Waals surface area contributed by atoms with Crippen LogP contribution in [-0.4, -0.2) is 7.05 Å². The molecule has 0 aliphatic heterocycles. The predicted octanol–water partition coefficient (Wildman–Crippen LogP) is 5.77. The highest BCUT2D eigenvalue weighted by Gasteiger charge is 2.16. The van der Waals surface area contributed by atoms with Crippen molar-refractivity contribution in [1.29, 1.82) is 0 Å². The molecule has 3 rings (SSSR count). The molecular formula is C15H13Cl2NS2. The predicted molar refractivity (Wildman–Crippen MR) is 91.7 cm³/mol. The van der Waals surface area contributed by atoms with Gasteiger partial charge < -0.3 is 5.32 Å². The van der Waals surface area contributed by atoms with Crippen molar-refractivity contribution in [1.82, 2.24) is 5.32 Å². The van der Waals surface area contributed by atoms with E-state index in [-0.39, 0.29) is 6.04 Å². The van der Waals surface area contributed by atoms with Crippen molar-refractivity contribution in [2.75, 3.05) is 7.05 Å². The van der Waals surface area contributed by atoms with Gasteiger partial charge in [-0.1, -0.05) is 35.3 Å². The molecule has 0 saturated carbocycles. The minimum Gasteiger partial charge on any atom is -0.312 e. The van der Waals surface area contributed by atoms with Crippen molar-refractivity contribution in [2.24, 2.45) is 0 Å². The molecule has 1 aromatic carbocycles. The van der Waals surface area contributed by atoms with Gasteiger partial charge in [-0.05, 0) is 42.6 Å². The Balaban J connectivity index is 1.90. The third kappa shape index (κ3) is 2.74. The SMILES string of the molecule is CNC(Cc1cccc(Cl)c1Cl)c1cc2sccc2s1. The third-order valence-corrected chi connectivity index (χ3v) is 6.37. The van der Waals surface area contributed by atoms with Gasteiger partial charge >= 0.3 is 0 Å². The van der Waals surface area contributed by atoms with E-state index in [1.807, 2.05) is 36.6 Å². The minimum absolute atomic E-state index is 0.260. The van der Waals surface area contributed by atoms with Gasteiger partial charge in [-0.15, -0.1) is 22.7 Å². The fourth-order valence-corrected chi connectivity index (χ4v) is 4.85. The number of rotatable bonds is 4. The van der Waals surface area contributed by atoms with E-state index in [9.17, 15) is 0 Å². The van der Waals surface area contributed by atoms with Crippen molar-refractivity contribution in [3.05, 3.63) is 56.2 Å². The lowest BCUT2D eigenvalue weighted by atomic mass is 10.0. The first-order valence-corrected chi connectivity index (χ1v) is 8.71. The van der Waals surface area contributed by atoms with E-state index in [1.165, 1.54) is 14.3 Å². The molecule has 0 aliphatic carbocycles. The first-order chi connectivity index (χ1) is 9.69. The van der Waals surface area contributed by atoms with Crippen molar-refractivity contribution in [3.63, 3.8) is 0 Å². The Bertz CT molecular complexity index is 704. The van der Waals surface area contributed by atoms with Crippen LogP contribution in [0.15, 0.2) is 35.7 Å². The molecule has 1 nitrogen and oxygen atoms in total. The molecule has 0 radical (unpaired) electrons. The molecule has 104 valence electrons. The maximum Gasteiger partial charge on any atom is 0.0624 e. The molecule has 0 spiro atoms. The lowest BCUT2D eigenvalue weighted by Crippen LogP contribution is -2.17. The molecule has 3 aromatic rings. The number of hydrogen-bond donors (Lipinski definition) is 1. The van der Waals surface area contributed by atoms with Crippen LogP contribution in [-0.2, 0) is 6.42 Å². The van der Waals surface area contributed by atoms with Gasteiger partial charge in [0, 0.05) is 20.3 Å². The fraction of sp³-hybridized carbons (Fsp3) is 0.200. The maximum absolute atomic E-state index is 6.29. The highest BCUT2D eigenvalue weighted by Crippen LogP contribution is 2.36. The summed E-state index contributed by atoms with van der Waals surface area (Å²) >= 11 is 16.0. The average Bonchev–Trinajstić information content (AvgIpc) is 3.01. The summed E-state index contributed by atoms with van der Waals surface area (Å²) in [4.78, 5) is 1.34. The summed E-state index contributed by atoms with van der Waals surface area (Å²) in [7, 11) is 1.98. The highest BCUT2D eigenvalue weighted by molar-refractivity contribution is 7.26. The Kier molecular flexibility index (Phi) is 4.34. The molecule has 5 heteroatoms. The summed E-state index contributed by atoms with van der Waals surface area (Å²) in [6, 6.07) is 10.5. The van der Waals surface area contributed by atoms with E-state index in [2.05, 4.69) is 22.8 Å². The first-order valence-electron chi connectivity index (χ1n) is 6.26. The van der Waals surface area contributed by atoms with Gasteiger partial charge in [0.05, 0.1) is 10.0 Å². The van der Waals surface area contributed by atoms with E-state index in [4.69, 9.17) is 23.2 Å². The molecule has 2 heterocycles. The van der Waals surface area contributed by atoms with Crippen molar-refractivity contribution < 1.29 is 0 Å². The zero-order valence-electron chi connectivity index (χ0n) is 10.8. The van der Waals surface area contributed by atoms with Gasteiger partial charge in [0.25, 0.3) is 0 Å². The van der Waals surface area contributed by atoms with E-state index in [0.717, 1.165) is 12.0 Å². The minimum atomic E-state index is 0.260. The van der Waals surface area contributed by atoms with Gasteiger partial charge in [-0.3, -0.25) is 0 Å². The molecule has 0 fully saturated rings. The van der Waals surface area contributed by atoms with Crippen molar-refractivity contribution in [3.8, 4) is 0 Å². The Morgan fingerprint density at radius 2 is 2.05 bits per heavy atom. The van der Waals surface area contributed by atoms with Crippen LogP contribution in [0.1, 0.15) is 16.5 Å². The van der Waals surface area contributed by atoms with Gasteiger partial charge in [0.15, 0.2) is 0 Å². The lowest BCUT2D eigenvalue weighted by molar-refractivity contribution is 0.602. The second kappa shape index (κ2) is 6.04. The third-order valence-electron chi connectivity index (χ3n) is 3.31. The zero-order valence-corrected chi connectivity index (χ0v) is 14.0. The smallest absolute Gasteiger partial charge is 0.0624 e. The number of halogens is 2. The largest absolute Gasteiger partial charge is 0.312 e. The monoisotopic (exact) mass is 341 g/mol. The number of thiophene rings is 2. The average molecular weight is 342 g/mol. The van der Waals surface area contributed by atoms with Crippen LogP contribution in [0.4, 0.5) is 0 Å². The standard InChI is InChI=1S/C15H13Cl2NS2/c1-18-11(7-9-3-2-4-10(16)15(9)17)13-8-14-12(20-13)5-6-19-14/h2-6,8,11,18H,7H2,1H3. The molecule has 1 atom stereocenters. The topological polar surface area (TPSA) is 12.0 Å². The summed E-state index contributed by atoms with van der Waals surface area (Å²) in [5.41, 5.74) is 1.08. The van der Waals surface area contributed by atoms with E-state index in [1.54, 1.807) is 11.3 Å². The Morgan fingerprint density at radius 1 is 1.20 bits per heavy atom. The first kappa shape index (κ1) is 14.4. The summed E-state index contributed by atoms with van der Waals surface area (Å²) in [5, 5.41) is 6.79.